The summed E-state index contributed by atoms with van der Waals surface area (Å²) in [6.45, 7) is 4.66. The molecule has 0 spiro atoms. The Bertz CT molecular complexity index is 1260. The van der Waals surface area contributed by atoms with Crippen LogP contribution in [0.2, 0.25) is 0 Å². The van der Waals surface area contributed by atoms with Gasteiger partial charge >= 0.3 is 0 Å². The number of hydrogen-bond donors (Lipinski definition) is 1. The Morgan fingerprint density at radius 2 is 2.03 bits per heavy atom. The second-order valence-electron chi connectivity index (χ2n) is 7.92. The maximum atomic E-state index is 12.5. The summed E-state index contributed by atoms with van der Waals surface area (Å²) < 4.78 is 13.1. The average molecular weight is 389 g/mol. The molecule has 0 saturated heterocycles. The minimum Gasteiger partial charge on any atom is -0.497 e. The van der Waals surface area contributed by atoms with Crippen molar-refractivity contribution in [1.29, 1.82) is 0 Å². The molecule has 0 aliphatic heterocycles. The van der Waals surface area contributed by atoms with Gasteiger partial charge < -0.3 is 19.6 Å². The fourth-order valence-electron chi connectivity index (χ4n) is 4.32. The molecule has 0 radical (unpaired) electrons. The van der Waals surface area contributed by atoms with Crippen LogP contribution in [0, 0.1) is 19.8 Å². The zero-order valence-electron chi connectivity index (χ0n) is 16.8. The van der Waals surface area contributed by atoms with Crippen LogP contribution in [0.1, 0.15) is 34.7 Å². The molecule has 6 heteroatoms. The van der Waals surface area contributed by atoms with Gasteiger partial charge in [0.25, 0.3) is 5.91 Å². The Hall–Kier alpha value is -3.28. The van der Waals surface area contributed by atoms with Gasteiger partial charge in [0.15, 0.2) is 0 Å². The maximum absolute atomic E-state index is 12.5. The van der Waals surface area contributed by atoms with Crippen LogP contribution in [-0.2, 0) is 6.54 Å². The van der Waals surface area contributed by atoms with E-state index < -0.39 is 5.91 Å². The molecule has 2 N–H and O–H groups in total. The van der Waals surface area contributed by atoms with Gasteiger partial charge in [-0.05, 0) is 62.4 Å². The first-order chi connectivity index (χ1) is 14.0. The number of hydrogen-bond acceptors (Lipinski definition) is 4. The van der Waals surface area contributed by atoms with E-state index >= 15 is 0 Å². The zero-order valence-corrected chi connectivity index (χ0v) is 16.8. The van der Waals surface area contributed by atoms with Crippen molar-refractivity contribution in [1.82, 2.24) is 9.72 Å². The van der Waals surface area contributed by atoms with Crippen LogP contribution < -0.4 is 10.5 Å². The Balaban J connectivity index is 1.89. The highest BCUT2D eigenvalue weighted by atomic mass is 16.5. The summed E-state index contributed by atoms with van der Waals surface area (Å²) in [4.78, 5) is 12.5. The van der Waals surface area contributed by atoms with Crippen molar-refractivity contribution in [2.45, 2.75) is 33.2 Å². The van der Waals surface area contributed by atoms with Crippen molar-refractivity contribution >= 4 is 27.7 Å². The van der Waals surface area contributed by atoms with E-state index in [1.54, 1.807) is 7.11 Å². The fraction of sp³-hybridized carbons (Fsp3) is 0.304. The molecule has 0 bridgehead atoms. The van der Waals surface area contributed by atoms with Crippen molar-refractivity contribution in [3.63, 3.8) is 0 Å². The van der Waals surface area contributed by atoms with Gasteiger partial charge in [0.05, 0.1) is 29.4 Å². The summed E-state index contributed by atoms with van der Waals surface area (Å²) in [5, 5.41) is 6.16. The van der Waals surface area contributed by atoms with Crippen molar-refractivity contribution in [2.24, 2.45) is 11.7 Å². The van der Waals surface area contributed by atoms with Gasteiger partial charge in [-0.2, -0.15) is 0 Å². The lowest BCUT2D eigenvalue weighted by molar-refractivity contribution is 0.100. The number of carbonyl (C=O) groups is 1. The summed E-state index contributed by atoms with van der Waals surface area (Å²) in [6.07, 6.45) is 2.43. The Morgan fingerprint density at radius 1 is 1.24 bits per heavy atom. The fourth-order valence-corrected chi connectivity index (χ4v) is 4.32. The van der Waals surface area contributed by atoms with Crippen LogP contribution in [0.15, 0.2) is 34.9 Å². The topological polar surface area (TPSA) is 83.3 Å². The molecule has 1 amide bonds. The van der Waals surface area contributed by atoms with E-state index in [2.05, 4.69) is 21.9 Å². The molecule has 4 aromatic rings. The number of ether oxygens (including phenoxy) is 1. The number of nitrogens with two attached hydrogens (primary N) is 1. The predicted octanol–water partition coefficient (Wildman–Crippen LogP) is 4.58. The number of fused-ring (bicyclic) bond motifs is 3. The third kappa shape index (κ3) is 2.78. The molecule has 29 heavy (non-hydrogen) atoms. The second kappa shape index (κ2) is 6.37. The summed E-state index contributed by atoms with van der Waals surface area (Å²) in [7, 11) is 1.67. The molecule has 2 aromatic carbocycles. The van der Waals surface area contributed by atoms with Gasteiger partial charge in [-0.1, -0.05) is 5.16 Å². The third-order valence-electron chi connectivity index (χ3n) is 5.89. The molecule has 1 aliphatic carbocycles. The third-order valence-corrected chi connectivity index (χ3v) is 5.89. The van der Waals surface area contributed by atoms with Crippen molar-refractivity contribution in [2.75, 3.05) is 7.11 Å². The largest absolute Gasteiger partial charge is 0.497 e. The standard InChI is InChI=1S/C23H23N3O3/c1-12-21(13(2)29-25-12)15-8-18-17-7-6-16(28-3)10-20(17)26(11-14-4-5-14)22(18)19(9-15)23(24)27/h6-10,14H,4-5,11H2,1-3H3,(H2,24,27). The van der Waals surface area contributed by atoms with E-state index in [0.29, 0.717) is 11.5 Å². The van der Waals surface area contributed by atoms with Gasteiger partial charge in [0.2, 0.25) is 0 Å². The van der Waals surface area contributed by atoms with Crippen LogP contribution in [0.25, 0.3) is 32.9 Å². The molecular weight excluding hydrogens is 366 g/mol. The first kappa shape index (κ1) is 17.8. The van der Waals surface area contributed by atoms with Crippen LogP contribution in [0.4, 0.5) is 0 Å². The summed E-state index contributed by atoms with van der Waals surface area (Å²) >= 11 is 0. The number of carbonyl (C=O) groups excluding carboxylic acids is 1. The predicted molar refractivity (Wildman–Crippen MR) is 112 cm³/mol. The van der Waals surface area contributed by atoms with Gasteiger partial charge in [-0.3, -0.25) is 4.79 Å². The molecule has 2 heterocycles. The molecule has 0 atom stereocenters. The first-order valence-electron chi connectivity index (χ1n) is 9.85. The number of rotatable bonds is 5. The summed E-state index contributed by atoms with van der Waals surface area (Å²) in [5.74, 6) is 1.72. The van der Waals surface area contributed by atoms with E-state index in [1.165, 1.54) is 12.8 Å². The highest BCUT2D eigenvalue weighted by Crippen LogP contribution is 2.40. The number of primary amides is 1. The summed E-state index contributed by atoms with van der Waals surface area (Å²) in [5.41, 5.74) is 10.9. The average Bonchev–Trinajstić information content (AvgIpc) is 3.40. The first-order valence-corrected chi connectivity index (χ1v) is 9.85. The number of benzene rings is 2. The lowest BCUT2D eigenvalue weighted by atomic mass is 9.98. The minimum atomic E-state index is -0.435. The van der Waals surface area contributed by atoms with Crippen molar-refractivity contribution in [3.8, 4) is 16.9 Å². The number of methoxy groups -OCH3 is 1. The highest BCUT2D eigenvalue weighted by Gasteiger charge is 2.26. The molecule has 6 nitrogen and oxygen atoms in total. The molecule has 5 rings (SSSR count). The van der Waals surface area contributed by atoms with E-state index in [-0.39, 0.29) is 0 Å². The van der Waals surface area contributed by atoms with Crippen LogP contribution >= 0.6 is 0 Å². The molecule has 0 unspecified atom stereocenters. The van der Waals surface area contributed by atoms with Crippen LogP contribution in [0.3, 0.4) is 0 Å². The smallest absolute Gasteiger partial charge is 0.250 e. The SMILES string of the molecule is COc1ccc2c3cc(-c4c(C)noc4C)cc(C(N)=O)c3n(CC3CC3)c2c1. The Kier molecular flexibility index (Phi) is 3.91. The number of aromatic nitrogens is 2. The van der Waals surface area contributed by atoms with Crippen LogP contribution in [0.5, 0.6) is 5.75 Å². The molecule has 1 saturated carbocycles. The zero-order chi connectivity index (χ0) is 20.3. The van der Waals surface area contributed by atoms with Gasteiger partial charge in [0, 0.05) is 28.9 Å². The van der Waals surface area contributed by atoms with E-state index in [4.69, 9.17) is 15.0 Å². The highest BCUT2D eigenvalue weighted by molar-refractivity contribution is 6.17. The molecule has 1 aliphatic rings. The van der Waals surface area contributed by atoms with E-state index in [9.17, 15) is 4.79 Å². The minimum absolute atomic E-state index is 0.435. The maximum Gasteiger partial charge on any atom is 0.250 e. The summed E-state index contributed by atoms with van der Waals surface area (Å²) in [6, 6.07) is 10.0. The van der Waals surface area contributed by atoms with E-state index in [0.717, 1.165) is 56.7 Å². The Morgan fingerprint density at radius 3 is 2.66 bits per heavy atom. The quantitative estimate of drug-likeness (QED) is 0.541. The normalized spacial score (nSPS) is 14.0. The monoisotopic (exact) mass is 389 g/mol. The lowest BCUT2D eigenvalue weighted by Crippen LogP contribution is -2.14. The second-order valence-corrected chi connectivity index (χ2v) is 7.92. The molecule has 148 valence electrons. The van der Waals surface area contributed by atoms with Gasteiger partial charge in [-0.15, -0.1) is 0 Å². The van der Waals surface area contributed by atoms with Gasteiger partial charge in [-0.25, -0.2) is 0 Å². The van der Waals surface area contributed by atoms with Crippen molar-refractivity contribution in [3.05, 3.63) is 47.3 Å². The molecule has 2 aromatic heterocycles. The van der Waals surface area contributed by atoms with Crippen molar-refractivity contribution < 1.29 is 14.1 Å². The number of nitrogens with zero attached hydrogens (tertiary/aromatic N) is 2. The van der Waals surface area contributed by atoms with E-state index in [1.807, 2.05) is 32.0 Å². The number of amides is 1. The number of aryl methyl sites for hydroxylation is 2. The molecule has 1 fully saturated rings. The Labute approximate surface area is 168 Å². The lowest BCUT2D eigenvalue weighted by Gasteiger charge is -2.11. The van der Waals surface area contributed by atoms with Crippen LogP contribution in [-0.4, -0.2) is 22.7 Å². The van der Waals surface area contributed by atoms with Gasteiger partial charge in [0.1, 0.15) is 11.5 Å². The molecular formula is C23H23N3O3.